The lowest BCUT2D eigenvalue weighted by molar-refractivity contribution is -0.137. The number of halogens is 3. The topological polar surface area (TPSA) is 29.3 Å². The smallest absolute Gasteiger partial charge is 0.397 e. The molecule has 2 nitrogen and oxygen atoms in total. The molecule has 2 fully saturated rings. The minimum Gasteiger partial charge on any atom is -0.397 e. The van der Waals surface area contributed by atoms with E-state index in [1.54, 1.807) is 6.07 Å². The molecule has 1 heterocycles. The van der Waals surface area contributed by atoms with E-state index in [1.807, 2.05) is 0 Å². The number of anilines is 2. The second-order valence-electron chi connectivity index (χ2n) is 6.22. The van der Waals surface area contributed by atoms with Gasteiger partial charge in [-0.15, -0.1) is 0 Å². The molecule has 2 atom stereocenters. The Balaban J connectivity index is 1.88. The van der Waals surface area contributed by atoms with Crippen LogP contribution in [0, 0.1) is 5.92 Å². The van der Waals surface area contributed by atoms with E-state index in [0.29, 0.717) is 12.0 Å². The van der Waals surface area contributed by atoms with Gasteiger partial charge in [0.25, 0.3) is 0 Å². The van der Waals surface area contributed by atoms with Crippen LogP contribution in [-0.4, -0.2) is 12.6 Å². The third kappa shape index (κ3) is 2.83. The Kier molecular flexibility index (Phi) is 3.76. The molecule has 2 aliphatic rings. The maximum Gasteiger partial charge on any atom is 0.416 e. The lowest BCUT2D eigenvalue weighted by atomic mass is 9.78. The van der Waals surface area contributed by atoms with Crippen molar-refractivity contribution in [3.05, 3.63) is 23.8 Å². The Morgan fingerprint density at radius 1 is 1.05 bits per heavy atom. The van der Waals surface area contributed by atoms with E-state index >= 15 is 0 Å². The van der Waals surface area contributed by atoms with Crippen LogP contribution in [0.2, 0.25) is 0 Å². The van der Waals surface area contributed by atoms with Gasteiger partial charge in [0.2, 0.25) is 0 Å². The Hall–Kier alpha value is -1.39. The van der Waals surface area contributed by atoms with Gasteiger partial charge in [-0.05, 0) is 49.8 Å². The number of nitrogens with zero attached hydrogens (tertiary/aromatic N) is 1. The predicted octanol–water partition coefficient (Wildman–Crippen LogP) is 4.45. The lowest BCUT2D eigenvalue weighted by Gasteiger charge is -2.45. The summed E-state index contributed by atoms with van der Waals surface area (Å²) in [6, 6.07) is 4.22. The summed E-state index contributed by atoms with van der Waals surface area (Å²) in [6.07, 6.45) is 2.85. The molecule has 0 radical (unpaired) electrons. The standard InChI is InChI=1S/C16H21F3N2/c17-16(18,19)12-7-8-15(13(20)10-12)21-9-3-5-11-4-1-2-6-14(11)21/h7-8,10-11,14H,1-6,9,20H2/t11-,14-/m1/s1. The van der Waals surface area contributed by atoms with Gasteiger partial charge in [0.15, 0.2) is 0 Å². The second kappa shape index (κ2) is 5.43. The number of nitrogens with two attached hydrogens (primary N) is 1. The van der Waals surface area contributed by atoms with E-state index in [2.05, 4.69) is 4.90 Å². The van der Waals surface area contributed by atoms with Crippen LogP contribution < -0.4 is 10.6 Å². The summed E-state index contributed by atoms with van der Waals surface area (Å²) in [5, 5.41) is 0. The fourth-order valence-corrected chi connectivity index (χ4v) is 3.92. The first-order chi connectivity index (χ1) is 9.97. The molecule has 5 heteroatoms. The number of piperidine rings is 1. The number of hydrogen-bond donors (Lipinski definition) is 1. The van der Waals surface area contributed by atoms with Crippen LogP contribution in [0.5, 0.6) is 0 Å². The summed E-state index contributed by atoms with van der Waals surface area (Å²) in [4.78, 5) is 2.25. The van der Waals surface area contributed by atoms with E-state index in [-0.39, 0.29) is 5.69 Å². The summed E-state index contributed by atoms with van der Waals surface area (Å²) in [6.45, 7) is 0.900. The largest absolute Gasteiger partial charge is 0.416 e. The highest BCUT2D eigenvalue weighted by molar-refractivity contribution is 5.69. The van der Waals surface area contributed by atoms with Gasteiger partial charge < -0.3 is 10.6 Å². The number of benzene rings is 1. The van der Waals surface area contributed by atoms with E-state index in [4.69, 9.17) is 5.73 Å². The Morgan fingerprint density at radius 3 is 2.48 bits per heavy atom. The van der Waals surface area contributed by atoms with E-state index in [0.717, 1.165) is 37.2 Å². The molecule has 116 valence electrons. The van der Waals surface area contributed by atoms with Gasteiger partial charge in [-0.2, -0.15) is 13.2 Å². The zero-order valence-corrected chi connectivity index (χ0v) is 12.0. The van der Waals surface area contributed by atoms with Crippen molar-refractivity contribution in [1.29, 1.82) is 0 Å². The highest BCUT2D eigenvalue weighted by atomic mass is 19.4. The molecule has 0 bridgehead atoms. The molecule has 0 unspecified atom stereocenters. The minimum atomic E-state index is -4.33. The fraction of sp³-hybridized carbons (Fsp3) is 0.625. The zero-order valence-electron chi connectivity index (χ0n) is 12.0. The normalized spacial score (nSPS) is 26.5. The molecule has 0 amide bonds. The average Bonchev–Trinajstić information content (AvgIpc) is 2.46. The molecule has 21 heavy (non-hydrogen) atoms. The van der Waals surface area contributed by atoms with Gasteiger partial charge in [0.05, 0.1) is 16.9 Å². The molecule has 3 rings (SSSR count). The number of rotatable bonds is 1. The van der Waals surface area contributed by atoms with E-state index in [9.17, 15) is 13.2 Å². The molecule has 1 aromatic rings. The first-order valence-corrected chi connectivity index (χ1v) is 7.70. The van der Waals surface area contributed by atoms with Crippen LogP contribution >= 0.6 is 0 Å². The molecule has 1 aromatic carbocycles. The predicted molar refractivity (Wildman–Crippen MR) is 78.2 cm³/mol. The van der Waals surface area contributed by atoms with Gasteiger partial charge in [0, 0.05) is 12.6 Å². The third-order valence-corrected chi connectivity index (χ3v) is 4.91. The third-order valence-electron chi connectivity index (χ3n) is 4.91. The van der Waals surface area contributed by atoms with Crippen molar-refractivity contribution in [3.63, 3.8) is 0 Å². The molecule has 2 N–H and O–H groups in total. The minimum absolute atomic E-state index is 0.246. The molecule has 1 aliphatic heterocycles. The van der Waals surface area contributed by atoms with Crippen molar-refractivity contribution >= 4 is 11.4 Å². The SMILES string of the molecule is Nc1cc(C(F)(F)F)ccc1N1CCC[C@H]2CCCC[C@H]21. The molecule has 1 saturated heterocycles. The molecule has 0 spiro atoms. The Bertz CT molecular complexity index is 511. The number of nitrogen functional groups attached to an aromatic ring is 1. The zero-order chi connectivity index (χ0) is 15.0. The molecule has 1 aliphatic carbocycles. The maximum atomic E-state index is 12.7. The monoisotopic (exact) mass is 298 g/mol. The quantitative estimate of drug-likeness (QED) is 0.776. The molecule has 1 saturated carbocycles. The van der Waals surface area contributed by atoms with Crippen LogP contribution in [-0.2, 0) is 6.18 Å². The van der Waals surface area contributed by atoms with Crippen LogP contribution in [0.25, 0.3) is 0 Å². The van der Waals surface area contributed by atoms with E-state index < -0.39 is 11.7 Å². The molecular weight excluding hydrogens is 277 g/mol. The summed E-state index contributed by atoms with van der Waals surface area (Å²) in [5.41, 5.74) is 6.29. The van der Waals surface area contributed by atoms with Gasteiger partial charge in [-0.25, -0.2) is 0 Å². The van der Waals surface area contributed by atoms with Gasteiger partial charge >= 0.3 is 6.18 Å². The average molecular weight is 298 g/mol. The fourth-order valence-electron chi connectivity index (χ4n) is 3.92. The lowest BCUT2D eigenvalue weighted by Crippen LogP contribution is -2.47. The van der Waals surface area contributed by atoms with Crippen molar-refractivity contribution < 1.29 is 13.2 Å². The molecular formula is C16H21F3N2. The highest BCUT2D eigenvalue weighted by Crippen LogP contribution is 2.41. The number of alkyl halides is 3. The van der Waals surface area contributed by atoms with Crippen molar-refractivity contribution in [2.75, 3.05) is 17.2 Å². The van der Waals surface area contributed by atoms with Gasteiger partial charge in [-0.1, -0.05) is 12.8 Å². The van der Waals surface area contributed by atoms with Crippen LogP contribution in [0.4, 0.5) is 24.5 Å². The van der Waals surface area contributed by atoms with Crippen LogP contribution in [0.1, 0.15) is 44.1 Å². The van der Waals surface area contributed by atoms with Crippen molar-refractivity contribution in [3.8, 4) is 0 Å². The van der Waals surface area contributed by atoms with Crippen molar-refractivity contribution in [2.45, 2.75) is 50.7 Å². The second-order valence-corrected chi connectivity index (χ2v) is 6.22. The van der Waals surface area contributed by atoms with E-state index in [1.165, 1.54) is 25.7 Å². The summed E-state index contributed by atoms with van der Waals surface area (Å²) in [5.74, 6) is 0.675. The Morgan fingerprint density at radius 2 is 1.76 bits per heavy atom. The molecule has 0 aromatic heterocycles. The summed E-state index contributed by atoms with van der Waals surface area (Å²) >= 11 is 0. The van der Waals surface area contributed by atoms with Crippen LogP contribution in [0.3, 0.4) is 0 Å². The number of hydrogen-bond acceptors (Lipinski definition) is 2. The Labute approximate surface area is 123 Å². The van der Waals surface area contributed by atoms with Gasteiger partial charge in [-0.3, -0.25) is 0 Å². The first kappa shape index (κ1) is 14.5. The number of fused-ring (bicyclic) bond motifs is 1. The first-order valence-electron chi connectivity index (χ1n) is 7.70. The summed E-state index contributed by atoms with van der Waals surface area (Å²) in [7, 11) is 0. The van der Waals surface area contributed by atoms with Crippen LogP contribution in [0.15, 0.2) is 18.2 Å². The highest BCUT2D eigenvalue weighted by Gasteiger charge is 2.35. The van der Waals surface area contributed by atoms with Crippen molar-refractivity contribution in [1.82, 2.24) is 0 Å². The van der Waals surface area contributed by atoms with Crippen molar-refractivity contribution in [2.24, 2.45) is 5.92 Å². The maximum absolute atomic E-state index is 12.7. The summed E-state index contributed by atoms with van der Waals surface area (Å²) < 4.78 is 38.2. The van der Waals surface area contributed by atoms with Gasteiger partial charge in [0.1, 0.15) is 0 Å².